The van der Waals surface area contributed by atoms with E-state index in [1.165, 1.54) is 6.07 Å². The molecule has 0 aromatic heterocycles. The van der Waals surface area contributed by atoms with E-state index < -0.39 is 17.8 Å². The first-order valence-electron chi connectivity index (χ1n) is 5.77. The molecular weight excluding hydrogens is 301 g/mol. The monoisotopic (exact) mass is 315 g/mol. The lowest BCUT2D eigenvalue weighted by Crippen LogP contribution is -2.61. The molecule has 1 aromatic rings. The zero-order valence-electron chi connectivity index (χ0n) is 10.2. The number of benzene rings is 1. The average Bonchev–Trinajstić information content (AvgIpc) is 2.32. The minimum Gasteiger partial charge on any atom is -0.392 e. The van der Waals surface area contributed by atoms with E-state index in [2.05, 4.69) is 21.2 Å². The van der Waals surface area contributed by atoms with Gasteiger partial charge in [-0.1, -0.05) is 19.9 Å². The summed E-state index contributed by atoms with van der Waals surface area (Å²) in [5, 5.41) is 12.4. The maximum Gasteiger partial charge on any atom is 0.254 e. The number of hydrogen-bond acceptors (Lipinski definition) is 2. The fourth-order valence-electron chi connectivity index (χ4n) is 2.06. The Labute approximate surface area is 114 Å². The van der Waals surface area contributed by atoms with Crippen molar-refractivity contribution < 1.29 is 14.3 Å². The molecule has 1 saturated carbocycles. The maximum absolute atomic E-state index is 13.7. The van der Waals surface area contributed by atoms with Crippen LogP contribution in [0.3, 0.4) is 0 Å². The summed E-state index contributed by atoms with van der Waals surface area (Å²) in [6, 6.07) is 4.47. The standard InChI is InChI=1S/C13H15BrFNO2/c1-13(2)9(6-10(13)17)16-12(18)7-4-3-5-8(14)11(7)15/h3-5,9-10,17H,6H2,1-2H3,(H,16,18). The number of aliphatic hydroxyl groups excluding tert-OH is 1. The van der Waals surface area contributed by atoms with Gasteiger partial charge in [-0.25, -0.2) is 4.39 Å². The van der Waals surface area contributed by atoms with Crippen molar-refractivity contribution in [3.05, 3.63) is 34.1 Å². The molecule has 18 heavy (non-hydrogen) atoms. The number of aliphatic hydroxyl groups is 1. The highest BCUT2D eigenvalue weighted by molar-refractivity contribution is 9.10. The Morgan fingerprint density at radius 2 is 2.22 bits per heavy atom. The molecule has 0 saturated heterocycles. The van der Waals surface area contributed by atoms with E-state index in [1.807, 2.05) is 13.8 Å². The molecule has 1 aliphatic rings. The van der Waals surface area contributed by atoms with Gasteiger partial charge in [0.05, 0.1) is 16.1 Å². The van der Waals surface area contributed by atoms with Gasteiger partial charge in [-0.3, -0.25) is 4.79 Å². The van der Waals surface area contributed by atoms with Crippen molar-refractivity contribution in [3.63, 3.8) is 0 Å². The number of carbonyl (C=O) groups excluding carboxylic acids is 1. The number of carbonyl (C=O) groups is 1. The molecule has 0 spiro atoms. The summed E-state index contributed by atoms with van der Waals surface area (Å²) in [6.07, 6.45) is 0.0871. The zero-order valence-corrected chi connectivity index (χ0v) is 11.8. The molecule has 1 amide bonds. The van der Waals surface area contributed by atoms with Crippen LogP contribution in [0.4, 0.5) is 4.39 Å². The van der Waals surface area contributed by atoms with Gasteiger partial charge in [-0.2, -0.15) is 0 Å². The normalized spacial score (nSPS) is 25.4. The van der Waals surface area contributed by atoms with Crippen LogP contribution >= 0.6 is 15.9 Å². The van der Waals surface area contributed by atoms with Crippen LogP contribution in [0.5, 0.6) is 0 Å². The summed E-state index contributed by atoms with van der Waals surface area (Å²) in [6.45, 7) is 3.76. The third-order valence-corrected chi connectivity index (χ3v) is 4.33. The van der Waals surface area contributed by atoms with Crippen molar-refractivity contribution in [1.82, 2.24) is 5.32 Å². The quantitative estimate of drug-likeness (QED) is 0.881. The van der Waals surface area contributed by atoms with E-state index in [0.717, 1.165) is 0 Å². The van der Waals surface area contributed by atoms with Crippen molar-refractivity contribution in [2.24, 2.45) is 5.41 Å². The molecule has 1 aliphatic carbocycles. The van der Waals surface area contributed by atoms with E-state index in [0.29, 0.717) is 6.42 Å². The fraction of sp³-hybridized carbons (Fsp3) is 0.462. The molecule has 2 atom stereocenters. The smallest absolute Gasteiger partial charge is 0.254 e. The van der Waals surface area contributed by atoms with E-state index in [-0.39, 0.29) is 21.5 Å². The second-order valence-corrected chi connectivity index (χ2v) is 6.05. The van der Waals surface area contributed by atoms with Crippen LogP contribution < -0.4 is 5.32 Å². The van der Waals surface area contributed by atoms with Crippen molar-refractivity contribution in [2.45, 2.75) is 32.4 Å². The molecule has 1 fully saturated rings. The highest BCUT2D eigenvalue weighted by atomic mass is 79.9. The predicted molar refractivity (Wildman–Crippen MR) is 69.8 cm³/mol. The summed E-state index contributed by atoms with van der Waals surface area (Å²) >= 11 is 3.05. The van der Waals surface area contributed by atoms with E-state index in [1.54, 1.807) is 12.1 Å². The lowest BCUT2D eigenvalue weighted by molar-refractivity contribution is -0.0689. The second kappa shape index (κ2) is 4.63. The topological polar surface area (TPSA) is 49.3 Å². The summed E-state index contributed by atoms with van der Waals surface area (Å²) in [7, 11) is 0. The summed E-state index contributed by atoms with van der Waals surface area (Å²) < 4.78 is 14.0. The number of amides is 1. The minimum atomic E-state index is -0.562. The summed E-state index contributed by atoms with van der Waals surface area (Å²) in [4.78, 5) is 12.0. The average molecular weight is 316 g/mol. The fourth-order valence-corrected chi connectivity index (χ4v) is 2.43. The molecule has 2 rings (SSSR count). The summed E-state index contributed by atoms with van der Waals surface area (Å²) in [5.41, 5.74) is -0.348. The van der Waals surface area contributed by atoms with Crippen LogP contribution in [0.15, 0.2) is 22.7 Å². The molecule has 0 radical (unpaired) electrons. The van der Waals surface area contributed by atoms with E-state index >= 15 is 0 Å². The van der Waals surface area contributed by atoms with Gasteiger partial charge in [0.2, 0.25) is 0 Å². The lowest BCUT2D eigenvalue weighted by Gasteiger charge is -2.49. The molecular formula is C13H15BrFNO2. The molecule has 0 bridgehead atoms. The number of nitrogens with one attached hydrogen (secondary N) is 1. The zero-order chi connectivity index (χ0) is 13.5. The Hall–Kier alpha value is -0.940. The highest BCUT2D eigenvalue weighted by Gasteiger charge is 2.48. The maximum atomic E-state index is 13.7. The molecule has 2 N–H and O–H groups in total. The Kier molecular flexibility index (Phi) is 3.47. The summed E-state index contributed by atoms with van der Waals surface area (Å²) in [5.74, 6) is -1.01. The van der Waals surface area contributed by atoms with Gasteiger partial charge < -0.3 is 10.4 Å². The molecule has 0 heterocycles. The van der Waals surface area contributed by atoms with Crippen molar-refractivity contribution in [3.8, 4) is 0 Å². The molecule has 5 heteroatoms. The predicted octanol–water partition coefficient (Wildman–Crippen LogP) is 2.48. The Morgan fingerprint density at radius 3 is 2.78 bits per heavy atom. The Balaban J connectivity index is 2.12. The molecule has 1 aromatic carbocycles. The van der Waals surface area contributed by atoms with Gasteiger partial charge in [-0.15, -0.1) is 0 Å². The first-order chi connectivity index (χ1) is 8.34. The third kappa shape index (κ3) is 2.17. The van der Waals surface area contributed by atoms with Gasteiger partial charge in [0, 0.05) is 11.5 Å². The molecule has 98 valence electrons. The van der Waals surface area contributed by atoms with Crippen LogP contribution in [0.25, 0.3) is 0 Å². The van der Waals surface area contributed by atoms with E-state index in [4.69, 9.17) is 0 Å². The van der Waals surface area contributed by atoms with Gasteiger partial charge in [-0.05, 0) is 34.5 Å². The molecule has 2 unspecified atom stereocenters. The van der Waals surface area contributed by atoms with Crippen LogP contribution in [-0.2, 0) is 0 Å². The SMILES string of the molecule is CC1(C)C(O)CC1NC(=O)c1cccc(Br)c1F. The van der Waals surface area contributed by atoms with Crippen molar-refractivity contribution in [2.75, 3.05) is 0 Å². The Morgan fingerprint density at radius 1 is 1.56 bits per heavy atom. The van der Waals surface area contributed by atoms with Gasteiger partial charge in [0.15, 0.2) is 0 Å². The molecule has 0 aliphatic heterocycles. The van der Waals surface area contributed by atoms with Crippen molar-refractivity contribution >= 4 is 21.8 Å². The first-order valence-corrected chi connectivity index (χ1v) is 6.56. The second-order valence-electron chi connectivity index (χ2n) is 5.20. The van der Waals surface area contributed by atoms with Crippen molar-refractivity contribution in [1.29, 1.82) is 0 Å². The van der Waals surface area contributed by atoms with Crippen LogP contribution in [-0.4, -0.2) is 23.2 Å². The number of rotatable bonds is 2. The van der Waals surface area contributed by atoms with Gasteiger partial charge in [0.1, 0.15) is 5.82 Å². The van der Waals surface area contributed by atoms with Gasteiger partial charge in [0.25, 0.3) is 5.91 Å². The number of hydrogen-bond donors (Lipinski definition) is 2. The largest absolute Gasteiger partial charge is 0.392 e. The lowest BCUT2D eigenvalue weighted by atomic mass is 9.64. The Bertz CT molecular complexity index is 490. The van der Waals surface area contributed by atoms with Gasteiger partial charge >= 0.3 is 0 Å². The third-order valence-electron chi connectivity index (χ3n) is 3.72. The minimum absolute atomic E-state index is 0.0153. The van der Waals surface area contributed by atoms with Crippen LogP contribution in [0, 0.1) is 11.2 Å². The van der Waals surface area contributed by atoms with Crippen LogP contribution in [0.1, 0.15) is 30.6 Å². The van der Waals surface area contributed by atoms with Crippen LogP contribution in [0.2, 0.25) is 0 Å². The first kappa shape index (κ1) is 13.5. The van der Waals surface area contributed by atoms with E-state index in [9.17, 15) is 14.3 Å². The molecule has 3 nitrogen and oxygen atoms in total. The highest BCUT2D eigenvalue weighted by Crippen LogP contribution is 2.40. The number of halogens is 2.